The van der Waals surface area contributed by atoms with E-state index in [4.69, 9.17) is 9.84 Å². The lowest BCUT2D eigenvalue weighted by molar-refractivity contribution is -0.137. The second-order valence-electron chi connectivity index (χ2n) is 9.55. The molecule has 2 aliphatic carbocycles. The van der Waals surface area contributed by atoms with Crippen LogP contribution >= 0.6 is 0 Å². The summed E-state index contributed by atoms with van der Waals surface area (Å²) >= 11 is 0. The highest BCUT2D eigenvalue weighted by atomic mass is 19.4. The van der Waals surface area contributed by atoms with Gasteiger partial charge in [0.05, 0.1) is 17.9 Å². The minimum atomic E-state index is -4.32. The number of ether oxygens (including phenoxy) is 1. The van der Waals surface area contributed by atoms with Gasteiger partial charge in [0.1, 0.15) is 0 Å². The quantitative estimate of drug-likeness (QED) is 0.650. The molecule has 1 aromatic carbocycles. The van der Waals surface area contributed by atoms with Crippen LogP contribution in [0.4, 0.5) is 13.2 Å². The van der Waals surface area contributed by atoms with Gasteiger partial charge < -0.3 is 4.74 Å². The Hall–Kier alpha value is -1.86. The molecule has 5 rings (SSSR count). The van der Waals surface area contributed by atoms with Crippen molar-refractivity contribution in [2.24, 2.45) is 11.8 Å². The van der Waals surface area contributed by atoms with Crippen LogP contribution in [0.1, 0.15) is 56.3 Å². The highest BCUT2D eigenvalue weighted by molar-refractivity contribution is 5.60. The van der Waals surface area contributed by atoms with Crippen molar-refractivity contribution in [1.29, 1.82) is 0 Å². The van der Waals surface area contributed by atoms with Crippen LogP contribution in [0.3, 0.4) is 0 Å². The van der Waals surface area contributed by atoms with E-state index in [1.54, 1.807) is 0 Å². The first-order valence-corrected chi connectivity index (χ1v) is 11.4. The summed E-state index contributed by atoms with van der Waals surface area (Å²) in [5.41, 5.74) is 2.13. The van der Waals surface area contributed by atoms with Gasteiger partial charge in [-0.05, 0) is 63.1 Å². The van der Waals surface area contributed by atoms with Gasteiger partial charge in [0, 0.05) is 49.0 Å². The van der Waals surface area contributed by atoms with Gasteiger partial charge in [-0.25, -0.2) is 0 Å². The van der Waals surface area contributed by atoms with E-state index in [0.717, 1.165) is 56.1 Å². The van der Waals surface area contributed by atoms with E-state index >= 15 is 0 Å². The maximum absolute atomic E-state index is 12.9. The Morgan fingerprint density at radius 3 is 2.39 bits per heavy atom. The van der Waals surface area contributed by atoms with Crippen LogP contribution in [0.2, 0.25) is 0 Å². The van der Waals surface area contributed by atoms with E-state index in [0.29, 0.717) is 23.8 Å². The molecule has 4 nitrogen and oxygen atoms in total. The smallest absolute Gasteiger partial charge is 0.380 e. The number of nitrogens with zero attached hydrogens (tertiary/aromatic N) is 3. The molecular weight excluding hydrogens is 403 g/mol. The molecule has 1 saturated heterocycles. The SMILES string of the molecule is CC(C)n1nc(-c2ccc(C(F)(F)F)cc2)cc1C1[C@H]2CC(N3CCCOCC3)C[C@@H]12. The molecule has 1 aromatic heterocycles. The minimum Gasteiger partial charge on any atom is -0.380 e. The zero-order valence-electron chi connectivity index (χ0n) is 18.1. The molecule has 1 aliphatic heterocycles. The van der Waals surface area contributed by atoms with Gasteiger partial charge in [0.2, 0.25) is 0 Å². The second-order valence-corrected chi connectivity index (χ2v) is 9.55. The molecule has 2 unspecified atom stereocenters. The highest BCUT2D eigenvalue weighted by Gasteiger charge is 2.58. The molecule has 2 heterocycles. The normalized spacial score (nSPS) is 29.2. The summed E-state index contributed by atoms with van der Waals surface area (Å²) in [5, 5.41) is 4.79. The Balaban J connectivity index is 1.33. The molecule has 2 aromatic rings. The van der Waals surface area contributed by atoms with E-state index in [9.17, 15) is 13.2 Å². The van der Waals surface area contributed by atoms with Crippen molar-refractivity contribution in [3.63, 3.8) is 0 Å². The van der Waals surface area contributed by atoms with Crippen LogP contribution in [0.15, 0.2) is 30.3 Å². The molecule has 3 aliphatic rings. The number of hydrogen-bond acceptors (Lipinski definition) is 3. The van der Waals surface area contributed by atoms with Crippen LogP contribution in [-0.2, 0) is 10.9 Å². The average Bonchev–Trinajstić information content (AvgIpc) is 3.07. The van der Waals surface area contributed by atoms with Crippen LogP contribution in [0.25, 0.3) is 11.3 Å². The fraction of sp³-hybridized carbons (Fsp3) is 0.625. The maximum atomic E-state index is 12.9. The molecule has 0 amide bonds. The third-order valence-corrected chi connectivity index (χ3v) is 7.30. The Labute approximate surface area is 181 Å². The zero-order valence-corrected chi connectivity index (χ0v) is 18.1. The lowest BCUT2D eigenvalue weighted by Crippen LogP contribution is -2.36. The molecule has 168 valence electrons. The molecule has 3 fully saturated rings. The summed E-state index contributed by atoms with van der Waals surface area (Å²) in [5.74, 6) is 1.92. The van der Waals surface area contributed by atoms with Crippen molar-refractivity contribution in [3.05, 3.63) is 41.6 Å². The summed E-state index contributed by atoms with van der Waals surface area (Å²) in [4.78, 5) is 2.61. The highest BCUT2D eigenvalue weighted by Crippen LogP contribution is 2.64. The first-order valence-electron chi connectivity index (χ1n) is 11.4. The van der Waals surface area contributed by atoms with Gasteiger partial charge in [-0.3, -0.25) is 9.58 Å². The Morgan fingerprint density at radius 1 is 1.03 bits per heavy atom. The topological polar surface area (TPSA) is 30.3 Å². The molecule has 0 radical (unpaired) electrons. The Bertz CT molecular complexity index is 901. The minimum absolute atomic E-state index is 0.220. The molecule has 7 heteroatoms. The van der Waals surface area contributed by atoms with Crippen LogP contribution in [-0.4, -0.2) is 47.0 Å². The lowest BCUT2D eigenvalue weighted by atomic mass is 10.0. The number of hydrogen-bond donors (Lipinski definition) is 0. The molecule has 2 saturated carbocycles. The van der Waals surface area contributed by atoms with Crippen molar-refractivity contribution in [3.8, 4) is 11.3 Å². The fourth-order valence-electron chi connectivity index (χ4n) is 5.72. The van der Waals surface area contributed by atoms with Gasteiger partial charge in [-0.2, -0.15) is 18.3 Å². The molecular formula is C24H30F3N3O. The van der Waals surface area contributed by atoms with Gasteiger partial charge in [0.25, 0.3) is 0 Å². The Morgan fingerprint density at radius 2 is 1.74 bits per heavy atom. The summed E-state index contributed by atoms with van der Waals surface area (Å²) in [6.45, 7) is 8.12. The number of fused-ring (bicyclic) bond motifs is 1. The number of alkyl halides is 3. The number of rotatable bonds is 4. The predicted octanol–water partition coefficient (Wildman–Crippen LogP) is 5.36. The number of aromatic nitrogens is 2. The van der Waals surface area contributed by atoms with Crippen LogP contribution < -0.4 is 0 Å². The first-order chi connectivity index (χ1) is 14.8. The second kappa shape index (κ2) is 7.93. The molecule has 31 heavy (non-hydrogen) atoms. The van der Waals surface area contributed by atoms with Gasteiger partial charge in [-0.15, -0.1) is 0 Å². The van der Waals surface area contributed by atoms with Crippen molar-refractivity contribution in [2.75, 3.05) is 26.3 Å². The summed E-state index contributed by atoms with van der Waals surface area (Å²) in [7, 11) is 0. The van der Waals surface area contributed by atoms with E-state index in [1.165, 1.54) is 30.7 Å². The summed E-state index contributed by atoms with van der Waals surface area (Å²) < 4.78 is 46.4. The van der Waals surface area contributed by atoms with Crippen molar-refractivity contribution >= 4 is 0 Å². The van der Waals surface area contributed by atoms with Crippen molar-refractivity contribution in [2.45, 2.75) is 57.3 Å². The third kappa shape index (κ3) is 4.02. The zero-order chi connectivity index (χ0) is 21.8. The molecule has 0 N–H and O–H groups in total. The van der Waals surface area contributed by atoms with E-state index in [2.05, 4.69) is 29.5 Å². The van der Waals surface area contributed by atoms with E-state index in [1.807, 2.05) is 0 Å². The van der Waals surface area contributed by atoms with Crippen molar-refractivity contribution < 1.29 is 17.9 Å². The molecule has 0 bridgehead atoms. The average molecular weight is 434 g/mol. The summed E-state index contributed by atoms with van der Waals surface area (Å²) in [6.07, 6.45) is -0.739. The van der Waals surface area contributed by atoms with E-state index in [-0.39, 0.29) is 6.04 Å². The molecule has 0 spiro atoms. The predicted molar refractivity (Wildman–Crippen MR) is 113 cm³/mol. The van der Waals surface area contributed by atoms with Crippen molar-refractivity contribution in [1.82, 2.24) is 14.7 Å². The molecule has 4 atom stereocenters. The van der Waals surface area contributed by atoms with E-state index < -0.39 is 11.7 Å². The third-order valence-electron chi connectivity index (χ3n) is 7.30. The lowest BCUT2D eigenvalue weighted by Gasteiger charge is -2.28. The number of benzene rings is 1. The summed E-state index contributed by atoms with van der Waals surface area (Å²) in [6, 6.07) is 8.35. The van der Waals surface area contributed by atoms with Crippen LogP contribution in [0, 0.1) is 11.8 Å². The van der Waals surface area contributed by atoms with Gasteiger partial charge in [0.15, 0.2) is 0 Å². The number of halogens is 3. The standard InChI is InChI=1S/C24H30F3N3O/c1-15(2)30-22(14-21(28-30)16-4-6-17(7-5-16)24(25,26)27)23-19-12-18(13-20(19)23)29-8-3-10-31-11-9-29/h4-7,14-15,18-20,23H,3,8-13H2,1-2H3/t18?,19-,20+,23?. The fourth-order valence-corrected chi connectivity index (χ4v) is 5.72. The first kappa shape index (κ1) is 21.0. The largest absolute Gasteiger partial charge is 0.416 e. The van der Waals surface area contributed by atoms with Gasteiger partial charge >= 0.3 is 6.18 Å². The Kier molecular flexibility index (Phi) is 5.37. The van der Waals surface area contributed by atoms with Crippen LogP contribution in [0.5, 0.6) is 0 Å². The van der Waals surface area contributed by atoms with Gasteiger partial charge in [-0.1, -0.05) is 12.1 Å². The monoisotopic (exact) mass is 433 g/mol. The maximum Gasteiger partial charge on any atom is 0.416 e.